The van der Waals surface area contributed by atoms with Gasteiger partial charge in [-0.1, -0.05) is 46.8 Å². The number of carbonyl (C=O) groups is 1. The first kappa shape index (κ1) is 28.0. The summed E-state index contributed by atoms with van der Waals surface area (Å²) in [7, 11) is 2.04. The van der Waals surface area contributed by atoms with Crippen molar-refractivity contribution in [1.29, 1.82) is 0 Å². The Morgan fingerprint density at radius 2 is 1.97 bits per heavy atom. The van der Waals surface area contributed by atoms with Gasteiger partial charge in [0.25, 0.3) is 5.91 Å². The highest BCUT2D eigenvalue weighted by Crippen LogP contribution is 2.39. The maximum absolute atomic E-state index is 14.0. The summed E-state index contributed by atoms with van der Waals surface area (Å²) in [6.07, 6.45) is 3.87. The summed E-state index contributed by atoms with van der Waals surface area (Å²) in [6.45, 7) is 21.5. The zero-order valence-electron chi connectivity index (χ0n) is 23.3. The predicted molar refractivity (Wildman–Crippen MR) is 153 cm³/mol. The Kier molecular flexibility index (Phi) is 8.75. The summed E-state index contributed by atoms with van der Waals surface area (Å²) < 4.78 is 1.74. The van der Waals surface area contributed by atoms with E-state index >= 15 is 0 Å². The second kappa shape index (κ2) is 11.2. The molecule has 0 aromatic carbocycles. The molecule has 1 aliphatic heterocycles. The summed E-state index contributed by atoms with van der Waals surface area (Å²) in [5, 5.41) is 0.779. The molecule has 1 saturated heterocycles. The van der Waals surface area contributed by atoms with E-state index < -0.39 is 0 Å². The molecule has 1 aliphatic rings. The van der Waals surface area contributed by atoms with E-state index in [1.807, 2.05) is 37.4 Å². The molecule has 2 aromatic heterocycles. The van der Waals surface area contributed by atoms with Gasteiger partial charge in [0.15, 0.2) is 0 Å². The van der Waals surface area contributed by atoms with Crippen molar-refractivity contribution in [2.75, 3.05) is 36.5 Å². The minimum absolute atomic E-state index is 0.0753. The smallest absolute Gasteiger partial charge is 0.268 e. The van der Waals surface area contributed by atoms with Crippen LogP contribution in [0.25, 0.3) is 0 Å². The van der Waals surface area contributed by atoms with Crippen molar-refractivity contribution < 1.29 is 4.79 Å². The van der Waals surface area contributed by atoms with Crippen LogP contribution in [0.3, 0.4) is 0 Å². The van der Waals surface area contributed by atoms with Crippen LogP contribution >= 0.6 is 11.9 Å². The summed E-state index contributed by atoms with van der Waals surface area (Å²) in [5.41, 5.74) is 1.42. The van der Waals surface area contributed by atoms with Gasteiger partial charge in [-0.25, -0.2) is 9.97 Å². The SMILES string of the molecule is C=CCN(Sc1cccc(N(C)CCC)n1)C(=O)c1ccc(C(C)(C)C)nc1N1CC(C)CC1(C)C. The Morgan fingerprint density at radius 3 is 2.56 bits per heavy atom. The predicted octanol–water partition coefficient (Wildman–Crippen LogP) is 6.58. The minimum Gasteiger partial charge on any atom is -0.360 e. The van der Waals surface area contributed by atoms with Gasteiger partial charge in [-0.15, -0.1) is 6.58 Å². The van der Waals surface area contributed by atoms with Crippen LogP contribution in [0.4, 0.5) is 11.6 Å². The number of hydrogen-bond donors (Lipinski definition) is 0. The topological polar surface area (TPSA) is 52.6 Å². The van der Waals surface area contributed by atoms with Crippen molar-refractivity contribution in [2.24, 2.45) is 5.92 Å². The van der Waals surface area contributed by atoms with Crippen LogP contribution in [0.2, 0.25) is 0 Å². The standard InChI is InChI=1S/C29H43N5OS/c1-10-17-32(9)24-13-12-14-25(31-24)36-34(18-11-2)27(35)22-15-16-23(28(4,5)6)30-26(22)33-20-21(3)19-29(33,7)8/h11-16,21H,2,10,17-20H2,1,3-9H3. The molecule has 1 unspecified atom stereocenters. The molecule has 36 heavy (non-hydrogen) atoms. The van der Waals surface area contributed by atoms with Crippen molar-refractivity contribution >= 4 is 29.5 Å². The molecule has 3 rings (SSSR count). The van der Waals surface area contributed by atoms with Crippen LogP contribution < -0.4 is 9.80 Å². The molecule has 1 atom stereocenters. The van der Waals surface area contributed by atoms with E-state index in [2.05, 4.69) is 64.8 Å². The Balaban J connectivity index is 2.00. The van der Waals surface area contributed by atoms with Gasteiger partial charge < -0.3 is 9.80 Å². The Bertz CT molecular complexity index is 1080. The quantitative estimate of drug-likeness (QED) is 0.281. The number of amides is 1. The highest BCUT2D eigenvalue weighted by molar-refractivity contribution is 7.97. The maximum Gasteiger partial charge on any atom is 0.268 e. The molecule has 2 aromatic rings. The number of nitrogens with zero attached hydrogens (tertiary/aromatic N) is 5. The molecular formula is C29H43N5OS. The van der Waals surface area contributed by atoms with Crippen LogP contribution in [0.1, 0.15) is 77.4 Å². The van der Waals surface area contributed by atoms with Crippen LogP contribution in [-0.2, 0) is 5.41 Å². The van der Waals surface area contributed by atoms with Crippen LogP contribution in [0, 0.1) is 5.92 Å². The third-order valence-corrected chi connectivity index (χ3v) is 7.54. The minimum atomic E-state index is -0.115. The van der Waals surface area contributed by atoms with Gasteiger partial charge in [-0.05, 0) is 56.9 Å². The molecule has 0 saturated carbocycles. The fourth-order valence-electron chi connectivity index (χ4n) is 4.84. The molecule has 0 bridgehead atoms. The van der Waals surface area contributed by atoms with Gasteiger partial charge in [-0.2, -0.15) is 0 Å². The maximum atomic E-state index is 14.0. The fraction of sp³-hybridized carbons (Fsp3) is 0.552. The lowest BCUT2D eigenvalue weighted by Gasteiger charge is -2.35. The van der Waals surface area contributed by atoms with Crippen LogP contribution in [-0.4, -0.2) is 52.4 Å². The molecule has 1 amide bonds. The van der Waals surface area contributed by atoms with E-state index in [1.165, 1.54) is 11.9 Å². The number of pyridine rings is 2. The second-order valence-electron chi connectivity index (χ2n) is 11.6. The van der Waals surface area contributed by atoms with Gasteiger partial charge in [-0.3, -0.25) is 9.10 Å². The second-order valence-corrected chi connectivity index (χ2v) is 12.6. The average Bonchev–Trinajstić information content (AvgIpc) is 3.09. The van der Waals surface area contributed by atoms with E-state index in [-0.39, 0.29) is 16.9 Å². The fourth-order valence-corrected chi connectivity index (χ4v) is 5.70. The van der Waals surface area contributed by atoms with E-state index in [1.54, 1.807) is 10.4 Å². The highest BCUT2D eigenvalue weighted by Gasteiger charge is 2.39. The highest BCUT2D eigenvalue weighted by atomic mass is 32.2. The summed E-state index contributed by atoms with van der Waals surface area (Å²) in [5.74, 6) is 2.14. The average molecular weight is 510 g/mol. The Morgan fingerprint density at radius 1 is 1.25 bits per heavy atom. The lowest BCUT2D eigenvalue weighted by atomic mass is 9.91. The van der Waals surface area contributed by atoms with Gasteiger partial charge in [0.1, 0.15) is 16.7 Å². The van der Waals surface area contributed by atoms with Gasteiger partial charge in [0, 0.05) is 48.7 Å². The third kappa shape index (κ3) is 6.41. The molecule has 0 aliphatic carbocycles. The van der Waals surface area contributed by atoms with Crippen LogP contribution in [0.5, 0.6) is 0 Å². The molecule has 196 valence electrons. The van der Waals surface area contributed by atoms with Gasteiger partial charge >= 0.3 is 0 Å². The first-order chi connectivity index (χ1) is 16.9. The third-order valence-electron chi connectivity index (χ3n) is 6.59. The zero-order chi connectivity index (χ0) is 26.7. The van der Waals surface area contributed by atoms with E-state index in [0.717, 1.165) is 48.3 Å². The number of aromatic nitrogens is 2. The summed E-state index contributed by atoms with van der Waals surface area (Å²) >= 11 is 1.36. The number of hydrogen-bond acceptors (Lipinski definition) is 6. The lowest BCUT2D eigenvalue weighted by Crippen LogP contribution is -2.41. The van der Waals surface area contributed by atoms with E-state index in [0.29, 0.717) is 18.0 Å². The molecule has 7 heteroatoms. The zero-order valence-corrected chi connectivity index (χ0v) is 24.2. The summed E-state index contributed by atoms with van der Waals surface area (Å²) in [6, 6.07) is 9.90. The molecule has 0 radical (unpaired) electrons. The molecular weight excluding hydrogens is 466 g/mol. The molecule has 1 fully saturated rings. The van der Waals surface area contributed by atoms with Crippen LogP contribution in [0.15, 0.2) is 48.0 Å². The van der Waals surface area contributed by atoms with Gasteiger partial charge in [0.2, 0.25) is 0 Å². The Labute approximate surface area is 222 Å². The molecule has 3 heterocycles. The number of carbonyl (C=O) groups excluding carboxylic acids is 1. The monoisotopic (exact) mass is 509 g/mol. The largest absolute Gasteiger partial charge is 0.360 e. The molecule has 6 nitrogen and oxygen atoms in total. The van der Waals surface area contributed by atoms with Gasteiger partial charge in [0.05, 0.1) is 12.1 Å². The van der Waals surface area contributed by atoms with E-state index in [9.17, 15) is 4.79 Å². The number of rotatable bonds is 9. The normalized spacial score (nSPS) is 17.2. The van der Waals surface area contributed by atoms with Crippen molar-refractivity contribution in [3.05, 3.63) is 54.2 Å². The lowest BCUT2D eigenvalue weighted by molar-refractivity contribution is 0.0881. The van der Waals surface area contributed by atoms with Crippen molar-refractivity contribution in [3.63, 3.8) is 0 Å². The Hall–Kier alpha value is -2.54. The van der Waals surface area contributed by atoms with Crippen molar-refractivity contribution in [1.82, 2.24) is 14.3 Å². The summed E-state index contributed by atoms with van der Waals surface area (Å²) in [4.78, 5) is 28.4. The van der Waals surface area contributed by atoms with Crippen molar-refractivity contribution in [3.8, 4) is 0 Å². The van der Waals surface area contributed by atoms with Crippen molar-refractivity contribution in [2.45, 2.75) is 77.3 Å². The first-order valence-electron chi connectivity index (χ1n) is 13.0. The molecule has 0 spiro atoms. The van der Waals surface area contributed by atoms with E-state index in [4.69, 9.17) is 9.97 Å². The molecule has 0 N–H and O–H groups in total. The number of anilines is 2. The first-order valence-corrected chi connectivity index (χ1v) is 13.7.